The molecule has 0 radical (unpaired) electrons. The molecule has 0 saturated heterocycles. The van der Waals surface area contributed by atoms with Crippen molar-refractivity contribution in [3.63, 3.8) is 0 Å². The lowest BCUT2D eigenvalue weighted by atomic mass is 9.96. The first-order valence-corrected chi connectivity index (χ1v) is 9.20. The Morgan fingerprint density at radius 1 is 1.24 bits per heavy atom. The summed E-state index contributed by atoms with van der Waals surface area (Å²) < 4.78 is 27.2. The average molecular weight is 315 g/mol. The summed E-state index contributed by atoms with van der Waals surface area (Å²) >= 11 is 0. The molecule has 6 heteroatoms. The van der Waals surface area contributed by atoms with Crippen molar-refractivity contribution in [2.45, 2.75) is 57.2 Å². The maximum atomic E-state index is 12.8. The second-order valence-corrected chi connectivity index (χ2v) is 8.00. The molecule has 1 rings (SSSR count). The monoisotopic (exact) mass is 315 g/mol. The van der Waals surface area contributed by atoms with Gasteiger partial charge in [-0.15, -0.1) is 0 Å². The van der Waals surface area contributed by atoms with Crippen molar-refractivity contribution in [1.82, 2.24) is 4.31 Å². The van der Waals surface area contributed by atoms with Gasteiger partial charge in [-0.05, 0) is 25.8 Å². The number of rotatable bonds is 8. The molecule has 0 aromatic rings. The van der Waals surface area contributed by atoms with Crippen LogP contribution in [-0.4, -0.2) is 36.6 Å². The molecular weight excluding hydrogens is 286 g/mol. The van der Waals surface area contributed by atoms with E-state index in [0.717, 1.165) is 25.7 Å². The van der Waals surface area contributed by atoms with Crippen molar-refractivity contribution < 1.29 is 8.42 Å². The Morgan fingerprint density at radius 3 is 2.19 bits per heavy atom. The molecule has 0 aliphatic heterocycles. The number of nitrogens with two attached hydrogens (primary N) is 2. The minimum Gasteiger partial charge on any atom is -0.401 e. The van der Waals surface area contributed by atoms with E-state index in [1.807, 2.05) is 0 Å². The molecule has 5 nitrogen and oxygen atoms in total. The van der Waals surface area contributed by atoms with Crippen LogP contribution in [0.3, 0.4) is 0 Å². The van der Waals surface area contributed by atoms with Gasteiger partial charge in [0, 0.05) is 18.8 Å². The Kier molecular flexibility index (Phi) is 6.43. The molecule has 0 aromatic heterocycles. The van der Waals surface area contributed by atoms with Crippen LogP contribution < -0.4 is 11.5 Å². The Balaban J connectivity index is 2.97. The van der Waals surface area contributed by atoms with Crippen molar-refractivity contribution in [3.8, 4) is 0 Å². The van der Waals surface area contributed by atoms with Crippen LogP contribution in [0.25, 0.3) is 0 Å². The summed E-state index contributed by atoms with van der Waals surface area (Å²) in [6.07, 6.45) is 8.61. The molecule has 0 amide bonds. The van der Waals surface area contributed by atoms with Crippen molar-refractivity contribution in [1.29, 1.82) is 0 Å². The van der Waals surface area contributed by atoms with Crippen LogP contribution in [0.15, 0.2) is 23.9 Å². The average Bonchev–Trinajstić information content (AvgIpc) is 2.36. The largest absolute Gasteiger partial charge is 0.401 e. The van der Waals surface area contributed by atoms with Crippen molar-refractivity contribution in [2.75, 3.05) is 13.1 Å². The molecule has 0 fully saturated rings. The highest BCUT2D eigenvalue weighted by Crippen LogP contribution is 2.23. The van der Waals surface area contributed by atoms with Crippen LogP contribution in [0, 0.1) is 0 Å². The summed E-state index contributed by atoms with van der Waals surface area (Å²) in [6.45, 7) is 7.01. The van der Waals surface area contributed by atoms with Gasteiger partial charge in [0.2, 0.25) is 10.0 Å². The fraction of sp³-hybridized carbons (Fsp3) is 0.733. The fourth-order valence-electron chi connectivity index (χ4n) is 2.36. The zero-order chi connectivity index (χ0) is 16.1. The molecule has 0 saturated carbocycles. The topological polar surface area (TPSA) is 89.4 Å². The SMILES string of the molecule is CCCCN(CCCC)S(=O)(=O)C1C=CC(C)(N)C=C1N. The van der Waals surface area contributed by atoms with Crippen LogP contribution in [0.2, 0.25) is 0 Å². The van der Waals surface area contributed by atoms with E-state index < -0.39 is 20.8 Å². The highest BCUT2D eigenvalue weighted by molar-refractivity contribution is 7.90. The van der Waals surface area contributed by atoms with E-state index in [-0.39, 0.29) is 0 Å². The molecule has 2 unspecified atom stereocenters. The molecule has 4 N–H and O–H groups in total. The molecule has 122 valence electrons. The zero-order valence-electron chi connectivity index (χ0n) is 13.4. The van der Waals surface area contributed by atoms with E-state index in [0.29, 0.717) is 18.8 Å². The molecule has 0 spiro atoms. The number of hydrogen-bond acceptors (Lipinski definition) is 4. The Morgan fingerprint density at radius 2 is 1.76 bits per heavy atom. The highest BCUT2D eigenvalue weighted by Gasteiger charge is 2.34. The lowest BCUT2D eigenvalue weighted by molar-refractivity contribution is 0.393. The van der Waals surface area contributed by atoms with Crippen LogP contribution >= 0.6 is 0 Å². The zero-order valence-corrected chi connectivity index (χ0v) is 14.2. The van der Waals surface area contributed by atoms with E-state index in [1.54, 1.807) is 29.5 Å². The smallest absolute Gasteiger partial charge is 0.226 e. The van der Waals surface area contributed by atoms with Gasteiger partial charge in [-0.2, -0.15) is 0 Å². The first kappa shape index (κ1) is 18.2. The van der Waals surface area contributed by atoms with Gasteiger partial charge in [-0.3, -0.25) is 0 Å². The molecule has 1 aliphatic rings. The summed E-state index contributed by atoms with van der Waals surface area (Å²) in [6, 6.07) is 0. The fourth-order valence-corrected chi connectivity index (χ4v) is 4.14. The van der Waals surface area contributed by atoms with E-state index in [2.05, 4.69) is 13.8 Å². The van der Waals surface area contributed by atoms with Crippen molar-refractivity contribution in [2.24, 2.45) is 11.5 Å². The van der Waals surface area contributed by atoms with E-state index in [1.165, 1.54) is 0 Å². The lowest BCUT2D eigenvalue weighted by Crippen LogP contribution is -2.45. The first-order valence-electron chi connectivity index (χ1n) is 7.70. The van der Waals surface area contributed by atoms with Gasteiger partial charge in [0.25, 0.3) is 0 Å². The maximum absolute atomic E-state index is 12.8. The third-order valence-corrected chi connectivity index (χ3v) is 5.80. The van der Waals surface area contributed by atoms with Gasteiger partial charge >= 0.3 is 0 Å². The van der Waals surface area contributed by atoms with E-state index in [9.17, 15) is 8.42 Å². The van der Waals surface area contributed by atoms with E-state index in [4.69, 9.17) is 11.5 Å². The number of sulfonamides is 1. The third-order valence-electron chi connectivity index (χ3n) is 3.64. The Bertz CT molecular complexity index is 487. The lowest BCUT2D eigenvalue weighted by Gasteiger charge is -2.30. The van der Waals surface area contributed by atoms with Gasteiger partial charge in [-0.25, -0.2) is 12.7 Å². The van der Waals surface area contributed by atoms with E-state index >= 15 is 0 Å². The molecular formula is C15H29N3O2S. The first-order chi connectivity index (χ1) is 9.74. The Labute approximate surface area is 129 Å². The molecule has 0 aromatic carbocycles. The predicted molar refractivity (Wildman–Crippen MR) is 88.1 cm³/mol. The number of nitrogens with zero attached hydrogens (tertiary/aromatic N) is 1. The van der Waals surface area contributed by atoms with Crippen LogP contribution in [0.1, 0.15) is 46.5 Å². The Hall–Kier alpha value is -0.850. The molecule has 0 bridgehead atoms. The highest BCUT2D eigenvalue weighted by atomic mass is 32.2. The van der Waals surface area contributed by atoms with Crippen LogP contribution in [-0.2, 0) is 10.0 Å². The van der Waals surface area contributed by atoms with Gasteiger partial charge in [0.05, 0.1) is 5.54 Å². The predicted octanol–water partition coefficient (Wildman–Crippen LogP) is 1.72. The number of hydrogen-bond donors (Lipinski definition) is 2. The molecule has 0 heterocycles. The van der Waals surface area contributed by atoms with Gasteiger partial charge in [0.1, 0.15) is 5.25 Å². The minimum absolute atomic E-state index is 0.320. The summed E-state index contributed by atoms with van der Waals surface area (Å²) in [5.41, 5.74) is 11.6. The second-order valence-electron chi connectivity index (χ2n) is 5.94. The summed E-state index contributed by atoms with van der Waals surface area (Å²) in [7, 11) is -3.47. The van der Waals surface area contributed by atoms with Gasteiger partial charge in [0.15, 0.2) is 0 Å². The minimum atomic E-state index is -3.47. The molecule has 21 heavy (non-hydrogen) atoms. The van der Waals surface area contributed by atoms with Crippen molar-refractivity contribution >= 4 is 10.0 Å². The van der Waals surface area contributed by atoms with Gasteiger partial charge in [-0.1, -0.05) is 38.8 Å². The summed E-state index contributed by atoms with van der Waals surface area (Å²) in [5, 5.41) is -0.789. The van der Waals surface area contributed by atoms with Gasteiger partial charge < -0.3 is 11.5 Å². The normalized spacial score (nSPS) is 26.1. The summed E-state index contributed by atoms with van der Waals surface area (Å²) in [4.78, 5) is 0. The summed E-state index contributed by atoms with van der Waals surface area (Å²) in [5.74, 6) is 0. The second kappa shape index (κ2) is 7.42. The third kappa shape index (κ3) is 4.83. The van der Waals surface area contributed by atoms with Crippen molar-refractivity contribution in [3.05, 3.63) is 23.9 Å². The maximum Gasteiger partial charge on any atom is 0.226 e. The standard InChI is InChI=1S/C15H29N3O2S/c1-4-6-10-18(11-7-5-2)21(19,20)14-8-9-15(3,17)12-13(14)16/h8-9,12,14H,4-7,10-11,16-17H2,1-3H3. The molecule has 1 aliphatic carbocycles. The van der Waals surface area contributed by atoms with Crippen LogP contribution in [0.5, 0.6) is 0 Å². The molecule has 2 atom stereocenters. The van der Waals surface area contributed by atoms with Crippen LogP contribution in [0.4, 0.5) is 0 Å². The number of unbranched alkanes of at least 4 members (excludes halogenated alkanes) is 2. The quantitative estimate of drug-likeness (QED) is 0.667.